The van der Waals surface area contributed by atoms with Crippen LogP contribution in [0.2, 0.25) is 0 Å². The Morgan fingerprint density at radius 1 is 0.480 bits per heavy atom. The van der Waals surface area contributed by atoms with Gasteiger partial charge in [-0.05, 0) is 99.7 Å². The molecule has 4 aliphatic carbocycles. The van der Waals surface area contributed by atoms with E-state index in [0.717, 1.165) is 18.4 Å². The van der Waals surface area contributed by atoms with E-state index in [1.807, 2.05) is 13.8 Å². The highest BCUT2D eigenvalue weighted by Gasteiger charge is 2.71. The van der Waals surface area contributed by atoms with Crippen LogP contribution in [0.25, 0.3) is 0 Å². The van der Waals surface area contributed by atoms with E-state index in [1.165, 1.54) is 20.8 Å². The number of allylic oxidation sites excluding steroid dienone is 1. The highest BCUT2D eigenvalue weighted by atomic mass is 16.8. The second-order valence-corrected chi connectivity index (χ2v) is 31.9. The van der Waals surface area contributed by atoms with E-state index in [-0.39, 0.29) is 35.5 Å². The van der Waals surface area contributed by atoms with E-state index in [4.69, 9.17) is 56.8 Å². The summed E-state index contributed by atoms with van der Waals surface area (Å²) in [4.78, 5) is 0. The molecule has 2 unspecified atom stereocenters. The molecule has 40 atom stereocenters. The predicted molar refractivity (Wildman–Crippen MR) is 336 cm³/mol. The van der Waals surface area contributed by atoms with Crippen molar-refractivity contribution < 1.29 is 164 Å². The van der Waals surface area contributed by atoms with Crippen molar-refractivity contribution in [1.29, 1.82) is 0 Å². The predicted octanol–water partition coefficient (Wildman–Crippen LogP) is -6.31. The first-order valence-electron chi connectivity index (χ1n) is 35.4. The van der Waals surface area contributed by atoms with Crippen LogP contribution >= 0.6 is 0 Å². The van der Waals surface area contributed by atoms with Crippen molar-refractivity contribution in [2.75, 3.05) is 39.6 Å². The van der Waals surface area contributed by atoms with Crippen LogP contribution in [0.15, 0.2) is 11.6 Å². The standard InChI is InChI=1S/C67H114O33/c1-25(27-16-17-65(7)36-13-11-28-29(67(36,9)37(71)18-66(27,65)8)12-15-38(63(28,3)4)98-60-54(86)50(82)45(77)34(96-60)23-91-59-53(85)48(80)43(75)31(20-69)93-59)10-14-39(64(5,6)88)99-62-56(100-61-55(87)49(81)44(76)32(21-70)94-61)51(83)46(78)35(97-62)24-89-57-41(73)26(2)40(72)33(95-57)22-90-58-52(84)47(79)42(74)30(19-68)92-58/h11,25-27,29-62,68-88H,10,12-24H2,1-9H3/t25?,26-,27?,29+,30+,31+,32+,33+,34+,35+,36-,37+,38-,39+,40-,41+,42+,43+,44+,45+,46+,47-,48-,49-,50-,51-,52+,53+,54+,55+,56+,57+,58+,59+,60-,61-,62-,65-,66+,67-/m0/s1. The van der Waals surface area contributed by atoms with Gasteiger partial charge in [0.05, 0.1) is 69.7 Å². The maximum Gasteiger partial charge on any atom is 0.187 e. The van der Waals surface area contributed by atoms with Gasteiger partial charge in [-0.2, -0.15) is 0 Å². The molecule has 0 aromatic heterocycles. The molecule has 0 aromatic rings. The van der Waals surface area contributed by atoms with E-state index in [9.17, 15) is 107 Å². The molecule has 0 radical (unpaired) electrons. The lowest BCUT2D eigenvalue weighted by Gasteiger charge is -2.67. The van der Waals surface area contributed by atoms with E-state index in [1.54, 1.807) is 0 Å². The molecule has 21 N–H and O–H groups in total. The molecule has 580 valence electrons. The van der Waals surface area contributed by atoms with Crippen molar-refractivity contribution in [2.45, 2.75) is 316 Å². The van der Waals surface area contributed by atoms with Crippen LogP contribution in [0.4, 0.5) is 0 Å². The van der Waals surface area contributed by atoms with Crippen molar-refractivity contribution in [2.24, 2.45) is 51.2 Å². The largest absolute Gasteiger partial charge is 0.394 e. The monoisotopic (exact) mass is 1450 g/mol. The third kappa shape index (κ3) is 14.9. The summed E-state index contributed by atoms with van der Waals surface area (Å²) in [7, 11) is 0. The minimum atomic E-state index is -1.99. The first kappa shape index (κ1) is 80.9. The van der Waals surface area contributed by atoms with Gasteiger partial charge in [-0.1, -0.05) is 60.1 Å². The molecule has 10 aliphatic rings. The second-order valence-electron chi connectivity index (χ2n) is 31.9. The van der Waals surface area contributed by atoms with Crippen LogP contribution in [0.3, 0.4) is 0 Å². The molecule has 10 rings (SSSR count). The lowest BCUT2D eigenvalue weighted by Crippen LogP contribution is -2.65. The van der Waals surface area contributed by atoms with E-state index >= 15 is 0 Å². The average Bonchev–Trinajstić information content (AvgIpc) is 1.32. The second kappa shape index (κ2) is 31.6. The summed E-state index contributed by atoms with van der Waals surface area (Å²) in [5, 5.41) is 229. The van der Waals surface area contributed by atoms with Gasteiger partial charge in [-0.25, -0.2) is 0 Å². The Bertz CT molecular complexity index is 2670. The fourth-order valence-electron chi connectivity index (χ4n) is 18.6. The number of aliphatic hydroxyl groups excluding tert-OH is 20. The molecule has 6 heterocycles. The highest BCUT2D eigenvalue weighted by Crippen LogP contribution is 2.75. The van der Waals surface area contributed by atoms with Crippen LogP contribution < -0.4 is 0 Å². The molecular weight excluding hydrogens is 1330 g/mol. The molecule has 100 heavy (non-hydrogen) atoms. The Hall–Kier alpha value is -1.58. The lowest BCUT2D eigenvalue weighted by molar-refractivity contribution is -0.380. The fraction of sp³-hybridized carbons (Fsp3) is 0.970. The zero-order chi connectivity index (χ0) is 73.5. The zero-order valence-corrected chi connectivity index (χ0v) is 58.1. The number of hydrogen-bond acceptors (Lipinski definition) is 33. The molecule has 0 spiro atoms. The van der Waals surface area contributed by atoms with Gasteiger partial charge >= 0.3 is 0 Å². The fourth-order valence-corrected chi connectivity index (χ4v) is 18.6. The van der Waals surface area contributed by atoms with Gasteiger partial charge in [0, 0.05) is 16.7 Å². The Morgan fingerprint density at radius 2 is 0.900 bits per heavy atom. The third-order valence-electron chi connectivity index (χ3n) is 25.3. The molecule has 6 saturated heterocycles. The van der Waals surface area contributed by atoms with Gasteiger partial charge < -0.3 is 164 Å². The topological polar surface area (TPSA) is 536 Å². The minimum absolute atomic E-state index is 0.0104. The number of rotatable bonds is 23. The average molecular weight is 1450 g/mol. The molecule has 6 aliphatic heterocycles. The Morgan fingerprint density at radius 3 is 1.40 bits per heavy atom. The van der Waals surface area contributed by atoms with Crippen molar-refractivity contribution in [3.05, 3.63) is 11.6 Å². The van der Waals surface area contributed by atoms with E-state index in [0.29, 0.717) is 32.1 Å². The molecular formula is C67H114O33. The molecule has 33 heteroatoms. The molecule has 0 amide bonds. The lowest BCUT2D eigenvalue weighted by atomic mass is 9.38. The summed E-state index contributed by atoms with van der Waals surface area (Å²) in [6, 6.07) is 0. The quantitative estimate of drug-likeness (QED) is 0.0423. The van der Waals surface area contributed by atoms with Crippen molar-refractivity contribution in [1.82, 2.24) is 0 Å². The van der Waals surface area contributed by atoms with Crippen LogP contribution in [0.1, 0.15) is 114 Å². The van der Waals surface area contributed by atoms with Gasteiger partial charge in [0.25, 0.3) is 0 Å². The smallest absolute Gasteiger partial charge is 0.187 e. The summed E-state index contributed by atoms with van der Waals surface area (Å²) in [5.74, 6) is -1.08. The SMILES string of the molecule is CC(CC[C@@H](O[C@@H]1O[C@H](CO[C@@H]2O[C@H](CO[C@@H]3O[C@H](CO)[C@@H](O)[C@H](O)[C@H]3O)[C@@H](O)[C@H](C)[C@H]2O)[C@@H](O)[C@H](O)[C@H]1O[C@@H]1O[C@H](CO)[C@@H](O)[C@H](O)[C@H]1O)C(C)(C)O)C1CC[C@@]2(C)[C@@H]3CC=C4[C@@H](CC[C@H](O[C@@H]5O[C@H](CO[C@@H]6O[C@H](CO)[C@@H](O)[C@H](O)[C@H]6O)[C@@H](O)[C@H](O)[C@H]5O)C4(C)C)[C@]3(C)[C@H](O)C[C@]12C. The van der Waals surface area contributed by atoms with Crippen LogP contribution in [0, 0.1) is 51.2 Å². The zero-order valence-electron chi connectivity index (χ0n) is 58.1. The van der Waals surface area contributed by atoms with Crippen molar-refractivity contribution in [3.63, 3.8) is 0 Å². The first-order chi connectivity index (χ1) is 46.8. The summed E-state index contributed by atoms with van der Waals surface area (Å²) in [5.41, 5.74) is -2.62. The summed E-state index contributed by atoms with van der Waals surface area (Å²) in [6.45, 7) is 13.5. The number of hydrogen-bond donors (Lipinski definition) is 21. The van der Waals surface area contributed by atoms with Gasteiger partial charge in [0.15, 0.2) is 37.7 Å². The van der Waals surface area contributed by atoms with E-state index in [2.05, 4.69) is 33.8 Å². The minimum Gasteiger partial charge on any atom is -0.394 e. The molecule has 9 fully saturated rings. The van der Waals surface area contributed by atoms with Crippen LogP contribution in [-0.4, -0.2) is 349 Å². The Labute approximate surface area is 580 Å². The maximum atomic E-state index is 12.9. The highest BCUT2D eigenvalue weighted by molar-refractivity contribution is 5.32. The van der Waals surface area contributed by atoms with Crippen molar-refractivity contribution in [3.8, 4) is 0 Å². The normalized spacial score (nSPS) is 52.1. The summed E-state index contributed by atoms with van der Waals surface area (Å²) >= 11 is 0. The molecule has 0 aromatic carbocycles. The summed E-state index contributed by atoms with van der Waals surface area (Å²) in [6.07, 6.45) is -43.7. The van der Waals surface area contributed by atoms with Gasteiger partial charge in [-0.3, -0.25) is 0 Å². The van der Waals surface area contributed by atoms with E-state index < -0.39 is 264 Å². The Kier molecular flexibility index (Phi) is 25.5. The van der Waals surface area contributed by atoms with Gasteiger partial charge in [0.1, 0.15) is 134 Å². The molecule has 0 bridgehead atoms. The van der Waals surface area contributed by atoms with Crippen LogP contribution in [-0.2, 0) is 56.8 Å². The maximum absolute atomic E-state index is 12.9. The van der Waals surface area contributed by atoms with Gasteiger partial charge in [-0.15, -0.1) is 0 Å². The molecule has 3 saturated carbocycles. The third-order valence-corrected chi connectivity index (χ3v) is 25.3. The van der Waals surface area contributed by atoms with Crippen LogP contribution in [0.5, 0.6) is 0 Å². The molecule has 33 nitrogen and oxygen atoms in total. The van der Waals surface area contributed by atoms with Crippen molar-refractivity contribution >= 4 is 0 Å². The summed E-state index contributed by atoms with van der Waals surface area (Å²) < 4.78 is 71.6. The number of ether oxygens (including phenoxy) is 12. The number of aliphatic hydroxyl groups is 21. The Balaban J connectivity index is 0.815. The van der Waals surface area contributed by atoms with Gasteiger partial charge in [0.2, 0.25) is 0 Å². The first-order valence-corrected chi connectivity index (χ1v) is 35.4. The number of fused-ring (bicyclic) bond motifs is 5.